The molecule has 0 saturated carbocycles. The highest BCUT2D eigenvalue weighted by molar-refractivity contribution is 9.10. The lowest BCUT2D eigenvalue weighted by molar-refractivity contribution is -0.134. The number of hydrogen-bond donors (Lipinski definition) is 0. The van der Waals surface area contributed by atoms with Crippen molar-refractivity contribution in [2.45, 2.75) is 26.7 Å². The summed E-state index contributed by atoms with van der Waals surface area (Å²) in [6, 6.07) is 10.9. The number of ether oxygens (including phenoxy) is 3. The van der Waals surface area contributed by atoms with Crippen LogP contribution in [-0.4, -0.2) is 24.9 Å². The molecule has 7 heteroatoms. The van der Waals surface area contributed by atoms with Gasteiger partial charge in [0.2, 0.25) is 5.90 Å². The second-order valence-electron chi connectivity index (χ2n) is 6.46. The predicted molar refractivity (Wildman–Crippen MR) is 113 cm³/mol. The van der Waals surface area contributed by atoms with Crippen LogP contribution in [0.15, 0.2) is 51.6 Å². The minimum Gasteiger partial charge on any atom is -0.493 e. The molecule has 2 aromatic carbocycles. The number of rotatable bonds is 6. The van der Waals surface area contributed by atoms with E-state index in [1.165, 1.54) is 7.11 Å². The van der Waals surface area contributed by atoms with Crippen molar-refractivity contribution < 1.29 is 23.8 Å². The summed E-state index contributed by atoms with van der Waals surface area (Å²) in [7, 11) is 1.48. The zero-order valence-corrected chi connectivity index (χ0v) is 17.9. The summed E-state index contributed by atoms with van der Waals surface area (Å²) in [6.45, 7) is 3.88. The zero-order chi connectivity index (χ0) is 21.0. The summed E-state index contributed by atoms with van der Waals surface area (Å²) in [5.41, 5.74) is 2.64. The molecule has 2 aromatic rings. The van der Waals surface area contributed by atoms with E-state index in [4.69, 9.17) is 14.2 Å². The summed E-state index contributed by atoms with van der Waals surface area (Å²) < 4.78 is 16.6. The van der Waals surface area contributed by atoms with E-state index >= 15 is 0 Å². The van der Waals surface area contributed by atoms with E-state index in [-0.39, 0.29) is 17.6 Å². The Morgan fingerprint density at radius 3 is 2.62 bits per heavy atom. The smallest absolute Gasteiger partial charge is 0.363 e. The summed E-state index contributed by atoms with van der Waals surface area (Å²) in [6.07, 6.45) is 2.59. The highest BCUT2D eigenvalue weighted by Crippen LogP contribution is 2.38. The van der Waals surface area contributed by atoms with E-state index in [1.807, 2.05) is 38.1 Å². The molecule has 6 nitrogen and oxygen atoms in total. The van der Waals surface area contributed by atoms with Gasteiger partial charge in [0.05, 0.1) is 11.6 Å². The Balaban J connectivity index is 1.91. The van der Waals surface area contributed by atoms with Gasteiger partial charge >= 0.3 is 11.9 Å². The molecule has 0 aliphatic carbocycles. The van der Waals surface area contributed by atoms with Crippen molar-refractivity contribution in [2.75, 3.05) is 7.11 Å². The molecule has 1 aliphatic heterocycles. The summed E-state index contributed by atoms with van der Waals surface area (Å²) in [5.74, 6) is 0.0477. The second-order valence-corrected chi connectivity index (χ2v) is 7.31. The molecule has 1 aliphatic rings. The van der Waals surface area contributed by atoms with Crippen LogP contribution in [0, 0.1) is 6.92 Å². The standard InChI is InChI=1S/C22H20BrNO5/c1-4-5-19(25)28-20-16(23)10-14(12-18(20)27-3)11-17-22(26)29-21(24-17)15-8-6-13(2)7-9-15/h6-12H,4-5H2,1-3H3/b17-11-. The van der Waals surface area contributed by atoms with Crippen LogP contribution in [0.2, 0.25) is 0 Å². The first-order valence-electron chi connectivity index (χ1n) is 9.09. The quantitative estimate of drug-likeness (QED) is 0.353. The molecular weight excluding hydrogens is 438 g/mol. The number of benzene rings is 2. The molecule has 150 valence electrons. The van der Waals surface area contributed by atoms with E-state index in [1.54, 1.807) is 18.2 Å². The van der Waals surface area contributed by atoms with Crippen molar-refractivity contribution in [3.05, 3.63) is 63.3 Å². The molecule has 0 aromatic heterocycles. The molecule has 0 unspecified atom stereocenters. The molecule has 0 saturated heterocycles. The fourth-order valence-corrected chi connectivity index (χ4v) is 3.22. The monoisotopic (exact) mass is 457 g/mol. The van der Waals surface area contributed by atoms with Crippen molar-refractivity contribution >= 4 is 39.8 Å². The van der Waals surface area contributed by atoms with Gasteiger partial charge < -0.3 is 14.2 Å². The van der Waals surface area contributed by atoms with Crippen molar-refractivity contribution in [3.63, 3.8) is 0 Å². The number of carbonyl (C=O) groups is 2. The van der Waals surface area contributed by atoms with Gasteiger partial charge in [0, 0.05) is 12.0 Å². The van der Waals surface area contributed by atoms with Crippen LogP contribution in [-0.2, 0) is 14.3 Å². The average molecular weight is 458 g/mol. The Kier molecular flexibility index (Phi) is 6.49. The summed E-state index contributed by atoms with van der Waals surface area (Å²) in [4.78, 5) is 28.4. The first kappa shape index (κ1) is 20.8. The number of methoxy groups -OCH3 is 1. The third-order valence-electron chi connectivity index (χ3n) is 4.14. The van der Waals surface area contributed by atoms with Crippen molar-refractivity contribution in [1.29, 1.82) is 0 Å². The number of hydrogen-bond acceptors (Lipinski definition) is 6. The minimum absolute atomic E-state index is 0.172. The molecule has 0 spiro atoms. The van der Waals surface area contributed by atoms with Crippen LogP contribution in [0.4, 0.5) is 0 Å². The third-order valence-corrected chi connectivity index (χ3v) is 4.73. The largest absolute Gasteiger partial charge is 0.493 e. The fraction of sp³-hybridized carbons (Fsp3) is 0.227. The second kappa shape index (κ2) is 9.05. The van der Waals surface area contributed by atoms with Gasteiger partial charge in [-0.05, 0) is 65.2 Å². The van der Waals surface area contributed by atoms with Crippen LogP contribution < -0.4 is 9.47 Å². The van der Waals surface area contributed by atoms with Crippen LogP contribution >= 0.6 is 15.9 Å². The van der Waals surface area contributed by atoms with Gasteiger partial charge in [-0.15, -0.1) is 0 Å². The van der Waals surface area contributed by atoms with E-state index in [2.05, 4.69) is 20.9 Å². The first-order valence-corrected chi connectivity index (χ1v) is 9.88. The third kappa shape index (κ3) is 4.92. The normalized spacial score (nSPS) is 14.6. The van der Waals surface area contributed by atoms with Crippen molar-refractivity contribution in [1.82, 2.24) is 0 Å². The molecule has 0 N–H and O–H groups in total. The molecule has 0 fully saturated rings. The maximum absolute atomic E-state index is 12.2. The Bertz CT molecular complexity index is 1010. The lowest BCUT2D eigenvalue weighted by Crippen LogP contribution is -2.08. The molecule has 0 atom stereocenters. The Hall–Kier alpha value is -2.93. The SMILES string of the molecule is CCCC(=O)Oc1c(Br)cc(/C=C2\N=C(c3ccc(C)cc3)OC2=O)cc1OC. The zero-order valence-electron chi connectivity index (χ0n) is 16.3. The van der Waals surface area contributed by atoms with Gasteiger partial charge in [0.25, 0.3) is 0 Å². The van der Waals surface area contributed by atoms with Gasteiger partial charge in [-0.3, -0.25) is 4.79 Å². The molecule has 0 radical (unpaired) electrons. The van der Waals surface area contributed by atoms with Gasteiger partial charge in [0.1, 0.15) is 0 Å². The Morgan fingerprint density at radius 2 is 1.97 bits per heavy atom. The van der Waals surface area contributed by atoms with Crippen molar-refractivity contribution in [3.8, 4) is 11.5 Å². The number of aliphatic imine (C=N–C) groups is 1. The van der Waals surface area contributed by atoms with Gasteiger partial charge in [0.15, 0.2) is 17.2 Å². The highest BCUT2D eigenvalue weighted by atomic mass is 79.9. The molecule has 0 bridgehead atoms. The summed E-state index contributed by atoms with van der Waals surface area (Å²) in [5, 5.41) is 0. The van der Waals surface area contributed by atoms with Gasteiger partial charge in [-0.2, -0.15) is 0 Å². The number of cyclic esters (lactones) is 1. The van der Waals surface area contributed by atoms with E-state index in [0.29, 0.717) is 34.4 Å². The number of nitrogens with zero attached hydrogens (tertiary/aromatic N) is 1. The number of aryl methyl sites for hydroxylation is 1. The molecule has 29 heavy (non-hydrogen) atoms. The Morgan fingerprint density at radius 1 is 1.24 bits per heavy atom. The minimum atomic E-state index is -0.533. The molecule has 3 rings (SSSR count). The first-order chi connectivity index (χ1) is 13.9. The highest BCUT2D eigenvalue weighted by Gasteiger charge is 2.24. The number of carbonyl (C=O) groups excluding carboxylic acids is 2. The topological polar surface area (TPSA) is 74.2 Å². The molecule has 1 heterocycles. The van der Waals surface area contributed by atoms with Crippen LogP contribution in [0.5, 0.6) is 11.5 Å². The maximum Gasteiger partial charge on any atom is 0.363 e. The lowest BCUT2D eigenvalue weighted by atomic mass is 10.1. The van der Waals surface area contributed by atoms with Crippen molar-refractivity contribution in [2.24, 2.45) is 4.99 Å². The predicted octanol–water partition coefficient (Wildman–Crippen LogP) is 4.82. The van der Waals surface area contributed by atoms with E-state index < -0.39 is 5.97 Å². The van der Waals surface area contributed by atoms with E-state index in [9.17, 15) is 9.59 Å². The fourth-order valence-electron chi connectivity index (χ4n) is 2.68. The van der Waals surface area contributed by atoms with Crippen LogP contribution in [0.1, 0.15) is 36.5 Å². The number of halogens is 1. The molecule has 0 amide bonds. The van der Waals surface area contributed by atoms with Crippen LogP contribution in [0.25, 0.3) is 6.08 Å². The van der Waals surface area contributed by atoms with E-state index in [0.717, 1.165) is 11.1 Å². The van der Waals surface area contributed by atoms with Gasteiger partial charge in [-0.1, -0.05) is 24.6 Å². The summed E-state index contributed by atoms with van der Waals surface area (Å²) >= 11 is 3.40. The number of esters is 2. The average Bonchev–Trinajstić information content (AvgIpc) is 3.04. The Labute approximate surface area is 177 Å². The molecular formula is C22H20BrNO5. The lowest BCUT2D eigenvalue weighted by Gasteiger charge is -2.12. The van der Waals surface area contributed by atoms with Gasteiger partial charge in [-0.25, -0.2) is 9.79 Å². The maximum atomic E-state index is 12.2. The van der Waals surface area contributed by atoms with Crippen LogP contribution in [0.3, 0.4) is 0 Å².